The minimum Gasteiger partial charge on any atom is -0.397 e. The zero-order valence-corrected chi connectivity index (χ0v) is 9.17. The lowest BCUT2D eigenvalue weighted by atomic mass is 10.1. The van der Waals surface area contributed by atoms with Crippen LogP contribution in [-0.2, 0) is 10.0 Å². The summed E-state index contributed by atoms with van der Waals surface area (Å²) in [5.41, 5.74) is 5.42. The zero-order valence-electron chi connectivity index (χ0n) is 8.35. The molecular formula is C9H8N4O2S. The molecule has 0 fully saturated rings. The number of nitrogens with one attached hydrogen (secondary N) is 1. The van der Waals surface area contributed by atoms with Gasteiger partial charge < -0.3 is 5.73 Å². The van der Waals surface area contributed by atoms with Gasteiger partial charge >= 0.3 is 0 Å². The van der Waals surface area contributed by atoms with Crippen molar-refractivity contribution in [2.75, 3.05) is 12.8 Å². The molecule has 0 amide bonds. The van der Waals surface area contributed by atoms with Crippen LogP contribution in [0.5, 0.6) is 0 Å². The minimum atomic E-state index is -3.69. The maximum absolute atomic E-state index is 11.5. The van der Waals surface area contributed by atoms with Crippen LogP contribution in [0.15, 0.2) is 17.0 Å². The normalized spacial score (nSPS) is 10.4. The maximum atomic E-state index is 11.5. The number of rotatable bonds is 2. The number of nitrogens with zero attached hydrogens (tertiary/aromatic N) is 2. The first-order chi connectivity index (χ1) is 7.46. The third-order valence-electron chi connectivity index (χ3n) is 1.97. The first kappa shape index (κ1) is 12.0. The van der Waals surface area contributed by atoms with E-state index in [1.54, 1.807) is 12.1 Å². The van der Waals surface area contributed by atoms with E-state index in [1.165, 1.54) is 7.05 Å². The zero-order chi connectivity index (χ0) is 12.3. The Labute approximate surface area is 93.0 Å². The van der Waals surface area contributed by atoms with Crippen LogP contribution < -0.4 is 10.5 Å². The van der Waals surface area contributed by atoms with Gasteiger partial charge in [0.15, 0.2) is 0 Å². The summed E-state index contributed by atoms with van der Waals surface area (Å²) in [5.74, 6) is 0. The monoisotopic (exact) mass is 236 g/mol. The van der Waals surface area contributed by atoms with Gasteiger partial charge in [-0.15, -0.1) is 0 Å². The lowest BCUT2D eigenvalue weighted by Gasteiger charge is -2.06. The SMILES string of the molecule is CNS(=O)(=O)c1cc(C#N)c(N)c(C#N)c1. The molecule has 0 saturated heterocycles. The molecule has 0 atom stereocenters. The second-order valence-corrected chi connectivity index (χ2v) is 4.75. The number of hydrogen-bond donors (Lipinski definition) is 2. The van der Waals surface area contributed by atoms with Gasteiger partial charge in [-0.3, -0.25) is 0 Å². The average molecular weight is 236 g/mol. The topological polar surface area (TPSA) is 120 Å². The van der Waals surface area contributed by atoms with Crippen molar-refractivity contribution in [3.8, 4) is 12.1 Å². The Bertz CT molecular complexity index is 572. The van der Waals surface area contributed by atoms with Gasteiger partial charge in [-0.05, 0) is 19.2 Å². The molecule has 0 aliphatic rings. The van der Waals surface area contributed by atoms with E-state index in [9.17, 15) is 8.42 Å². The van der Waals surface area contributed by atoms with Crippen LogP contribution in [0.3, 0.4) is 0 Å². The number of sulfonamides is 1. The number of nitrogens with two attached hydrogens (primary N) is 1. The fourth-order valence-corrected chi connectivity index (χ4v) is 1.87. The Balaban J connectivity index is 3.61. The molecule has 1 rings (SSSR count). The molecular weight excluding hydrogens is 228 g/mol. The minimum absolute atomic E-state index is 0.0138. The maximum Gasteiger partial charge on any atom is 0.240 e. The van der Waals surface area contributed by atoms with Crippen LogP contribution in [0.2, 0.25) is 0 Å². The molecule has 16 heavy (non-hydrogen) atoms. The van der Waals surface area contributed by atoms with Crippen molar-refractivity contribution < 1.29 is 8.42 Å². The first-order valence-corrected chi connectivity index (χ1v) is 5.62. The molecule has 1 aromatic rings. The summed E-state index contributed by atoms with van der Waals surface area (Å²) in [7, 11) is -2.45. The van der Waals surface area contributed by atoms with E-state index in [0.717, 1.165) is 12.1 Å². The highest BCUT2D eigenvalue weighted by Gasteiger charge is 2.16. The van der Waals surface area contributed by atoms with E-state index >= 15 is 0 Å². The summed E-state index contributed by atoms with van der Waals surface area (Å²) >= 11 is 0. The van der Waals surface area contributed by atoms with E-state index < -0.39 is 10.0 Å². The Morgan fingerprint density at radius 3 is 2.00 bits per heavy atom. The van der Waals surface area contributed by atoms with Gasteiger partial charge in [0, 0.05) is 0 Å². The molecule has 0 aliphatic heterocycles. The Kier molecular flexibility index (Phi) is 3.14. The molecule has 3 N–H and O–H groups in total. The van der Waals surface area contributed by atoms with Crippen molar-refractivity contribution >= 4 is 15.7 Å². The molecule has 0 saturated carbocycles. The molecule has 1 aromatic carbocycles. The number of nitriles is 2. The van der Waals surface area contributed by atoms with E-state index in [2.05, 4.69) is 4.72 Å². The van der Waals surface area contributed by atoms with Gasteiger partial charge in [0.05, 0.1) is 21.7 Å². The lowest BCUT2D eigenvalue weighted by Crippen LogP contribution is -2.19. The third-order valence-corrected chi connectivity index (χ3v) is 3.37. The molecule has 0 aliphatic carbocycles. The summed E-state index contributed by atoms with van der Waals surface area (Å²) in [6.07, 6.45) is 0. The van der Waals surface area contributed by atoms with Crippen LogP contribution in [0.4, 0.5) is 5.69 Å². The molecule has 0 unspecified atom stereocenters. The summed E-state index contributed by atoms with van der Waals surface area (Å²) < 4.78 is 25.0. The fraction of sp³-hybridized carbons (Fsp3) is 0.111. The van der Waals surface area contributed by atoms with Crippen molar-refractivity contribution in [3.63, 3.8) is 0 Å². The second-order valence-electron chi connectivity index (χ2n) is 2.86. The highest BCUT2D eigenvalue weighted by molar-refractivity contribution is 7.89. The molecule has 0 bridgehead atoms. The number of nitrogen functional groups attached to an aromatic ring is 1. The van der Waals surface area contributed by atoms with Crippen LogP contribution in [-0.4, -0.2) is 15.5 Å². The van der Waals surface area contributed by atoms with Crippen molar-refractivity contribution in [1.82, 2.24) is 4.72 Å². The molecule has 82 valence electrons. The van der Waals surface area contributed by atoms with Gasteiger partial charge in [0.2, 0.25) is 10.0 Å². The van der Waals surface area contributed by atoms with Gasteiger partial charge in [0.25, 0.3) is 0 Å². The molecule has 0 aromatic heterocycles. The molecule has 0 spiro atoms. The van der Waals surface area contributed by atoms with Gasteiger partial charge in [-0.1, -0.05) is 0 Å². The molecule has 6 nitrogen and oxygen atoms in total. The first-order valence-electron chi connectivity index (χ1n) is 4.13. The van der Waals surface area contributed by atoms with Crippen molar-refractivity contribution in [3.05, 3.63) is 23.3 Å². The standard InChI is InChI=1S/C9H8N4O2S/c1-13-16(14,15)8-2-6(4-10)9(12)7(3-8)5-11/h2-3,13H,12H2,1H3. The second kappa shape index (κ2) is 4.19. The number of anilines is 1. The highest BCUT2D eigenvalue weighted by atomic mass is 32.2. The summed E-state index contributed by atoms with van der Waals surface area (Å²) in [4.78, 5) is -0.155. The van der Waals surface area contributed by atoms with Crippen molar-refractivity contribution in [1.29, 1.82) is 10.5 Å². The van der Waals surface area contributed by atoms with Crippen LogP contribution in [0.1, 0.15) is 11.1 Å². The lowest BCUT2D eigenvalue weighted by molar-refractivity contribution is 0.588. The van der Waals surface area contributed by atoms with Crippen molar-refractivity contribution in [2.24, 2.45) is 0 Å². The fourth-order valence-electron chi connectivity index (χ4n) is 1.08. The van der Waals surface area contributed by atoms with Gasteiger partial charge in [-0.2, -0.15) is 10.5 Å². The Morgan fingerprint density at radius 2 is 1.69 bits per heavy atom. The summed E-state index contributed by atoms with van der Waals surface area (Å²) in [6, 6.07) is 5.73. The number of hydrogen-bond acceptors (Lipinski definition) is 5. The summed E-state index contributed by atoms with van der Waals surface area (Å²) in [5, 5.41) is 17.5. The van der Waals surface area contributed by atoms with E-state index in [1.807, 2.05) is 0 Å². The predicted molar refractivity (Wildman–Crippen MR) is 56.5 cm³/mol. The molecule has 0 heterocycles. The van der Waals surface area contributed by atoms with E-state index in [0.29, 0.717) is 0 Å². The molecule has 7 heteroatoms. The largest absolute Gasteiger partial charge is 0.397 e. The Hall–Kier alpha value is -2.09. The van der Waals surface area contributed by atoms with E-state index in [-0.39, 0.29) is 21.7 Å². The Morgan fingerprint density at radius 1 is 1.25 bits per heavy atom. The van der Waals surface area contributed by atoms with Gasteiger partial charge in [0.1, 0.15) is 12.1 Å². The smallest absolute Gasteiger partial charge is 0.240 e. The highest BCUT2D eigenvalue weighted by Crippen LogP contribution is 2.21. The third kappa shape index (κ3) is 1.96. The quantitative estimate of drug-likeness (QED) is 0.696. The van der Waals surface area contributed by atoms with Crippen LogP contribution >= 0.6 is 0 Å². The molecule has 0 radical (unpaired) electrons. The van der Waals surface area contributed by atoms with Crippen LogP contribution in [0.25, 0.3) is 0 Å². The van der Waals surface area contributed by atoms with Gasteiger partial charge in [-0.25, -0.2) is 13.1 Å². The van der Waals surface area contributed by atoms with Crippen molar-refractivity contribution in [2.45, 2.75) is 4.90 Å². The average Bonchev–Trinajstić information content (AvgIpc) is 2.29. The number of benzene rings is 1. The predicted octanol–water partition coefficient (Wildman–Crippen LogP) is -0.0797. The van der Waals surface area contributed by atoms with Crippen LogP contribution in [0, 0.1) is 22.7 Å². The van der Waals surface area contributed by atoms with E-state index in [4.69, 9.17) is 16.3 Å². The summed E-state index contributed by atoms with van der Waals surface area (Å²) in [6.45, 7) is 0.